The van der Waals surface area contributed by atoms with E-state index in [9.17, 15) is 8.42 Å². The van der Waals surface area contributed by atoms with Crippen LogP contribution >= 0.6 is 11.3 Å². The number of hydrogen-bond donors (Lipinski definition) is 1. The lowest BCUT2D eigenvalue weighted by Gasteiger charge is -2.09. The topological polar surface area (TPSA) is 111 Å². The Kier molecular flexibility index (Phi) is 6.18. The summed E-state index contributed by atoms with van der Waals surface area (Å²) in [5.41, 5.74) is 3.63. The standard InChI is InChI=1S/C22H23N5O3S2/c1-13(2)32(28,29)17-7-5-16(6-8-17)18-11-24-14(3)20(25-18)22-27-26-21(30-22)19-9-15(10-23-4)12-31-19/h5-9,11-13,23H,10H2,1-4H3. The molecule has 0 unspecified atom stereocenters. The van der Waals surface area contributed by atoms with Crippen molar-refractivity contribution < 1.29 is 12.8 Å². The summed E-state index contributed by atoms with van der Waals surface area (Å²) in [6.07, 6.45) is 1.64. The number of benzene rings is 1. The third kappa shape index (κ3) is 4.34. The Labute approximate surface area is 190 Å². The predicted octanol–water partition coefficient (Wildman–Crippen LogP) is 4.13. The molecule has 10 heteroatoms. The monoisotopic (exact) mass is 469 g/mol. The van der Waals surface area contributed by atoms with Gasteiger partial charge >= 0.3 is 0 Å². The molecule has 0 saturated carbocycles. The Morgan fingerprint density at radius 1 is 1.12 bits per heavy atom. The first-order valence-corrected chi connectivity index (χ1v) is 12.5. The second-order valence-corrected chi connectivity index (χ2v) is 11.0. The second kappa shape index (κ2) is 8.89. The van der Waals surface area contributed by atoms with Gasteiger partial charge in [0.25, 0.3) is 11.8 Å². The third-order valence-electron chi connectivity index (χ3n) is 4.93. The number of aromatic nitrogens is 4. The van der Waals surface area contributed by atoms with Crippen LogP contribution in [0.3, 0.4) is 0 Å². The minimum atomic E-state index is -3.33. The van der Waals surface area contributed by atoms with Gasteiger partial charge in [-0.15, -0.1) is 21.5 Å². The van der Waals surface area contributed by atoms with Crippen molar-refractivity contribution in [1.82, 2.24) is 25.5 Å². The van der Waals surface area contributed by atoms with E-state index in [1.165, 1.54) is 11.3 Å². The highest BCUT2D eigenvalue weighted by molar-refractivity contribution is 7.92. The Balaban J connectivity index is 1.64. The average molecular weight is 470 g/mol. The molecule has 1 N–H and O–H groups in total. The zero-order valence-electron chi connectivity index (χ0n) is 18.2. The number of nitrogens with zero attached hydrogens (tertiary/aromatic N) is 4. The largest absolute Gasteiger partial charge is 0.414 e. The molecular formula is C22H23N5O3S2. The van der Waals surface area contributed by atoms with Crippen molar-refractivity contribution in [2.45, 2.75) is 37.5 Å². The van der Waals surface area contributed by atoms with E-state index in [-0.39, 0.29) is 10.8 Å². The van der Waals surface area contributed by atoms with Gasteiger partial charge in [-0.05, 0) is 57.0 Å². The van der Waals surface area contributed by atoms with Gasteiger partial charge in [0.1, 0.15) is 5.69 Å². The smallest absolute Gasteiger partial charge is 0.268 e. The van der Waals surface area contributed by atoms with Crippen LogP contribution in [0.4, 0.5) is 0 Å². The molecule has 8 nitrogen and oxygen atoms in total. The van der Waals surface area contributed by atoms with E-state index >= 15 is 0 Å². The van der Waals surface area contributed by atoms with E-state index in [0.29, 0.717) is 23.0 Å². The molecule has 0 aliphatic heterocycles. The molecule has 0 amide bonds. The number of nitrogens with one attached hydrogen (secondary N) is 1. The lowest BCUT2D eigenvalue weighted by Crippen LogP contribution is -2.13. The van der Waals surface area contributed by atoms with Crippen molar-refractivity contribution >= 4 is 21.2 Å². The number of rotatable bonds is 7. The fraction of sp³-hybridized carbons (Fsp3) is 0.273. The first kappa shape index (κ1) is 22.3. The molecule has 3 aromatic heterocycles. The SMILES string of the molecule is CNCc1csc(-c2nnc(-c3nc(-c4ccc(S(=O)(=O)C(C)C)cc4)cnc3C)o2)c1. The van der Waals surface area contributed by atoms with Crippen molar-refractivity contribution in [2.24, 2.45) is 0 Å². The number of hydrogen-bond acceptors (Lipinski definition) is 9. The second-order valence-electron chi connectivity index (χ2n) is 7.57. The van der Waals surface area contributed by atoms with Crippen LogP contribution in [-0.2, 0) is 16.4 Å². The van der Waals surface area contributed by atoms with Crippen LogP contribution in [0.15, 0.2) is 51.2 Å². The molecule has 4 rings (SSSR count). The highest BCUT2D eigenvalue weighted by atomic mass is 32.2. The summed E-state index contributed by atoms with van der Waals surface area (Å²) in [5, 5.41) is 13.0. The lowest BCUT2D eigenvalue weighted by atomic mass is 10.1. The van der Waals surface area contributed by atoms with Gasteiger partial charge in [0.05, 0.1) is 32.6 Å². The molecule has 0 aliphatic rings. The van der Waals surface area contributed by atoms with Gasteiger partial charge < -0.3 is 9.73 Å². The van der Waals surface area contributed by atoms with Gasteiger partial charge in [0, 0.05) is 12.1 Å². The van der Waals surface area contributed by atoms with Crippen LogP contribution in [0.1, 0.15) is 25.1 Å². The first-order chi connectivity index (χ1) is 15.3. The molecule has 0 atom stereocenters. The van der Waals surface area contributed by atoms with Gasteiger partial charge in [0.2, 0.25) is 0 Å². The molecule has 0 radical (unpaired) electrons. The quantitative estimate of drug-likeness (QED) is 0.430. The van der Waals surface area contributed by atoms with E-state index in [1.54, 1.807) is 44.3 Å². The molecule has 166 valence electrons. The van der Waals surface area contributed by atoms with Crippen molar-refractivity contribution in [1.29, 1.82) is 0 Å². The minimum Gasteiger partial charge on any atom is -0.414 e. The van der Waals surface area contributed by atoms with Crippen molar-refractivity contribution in [3.05, 3.63) is 53.2 Å². The molecule has 0 fully saturated rings. The zero-order valence-corrected chi connectivity index (χ0v) is 19.8. The predicted molar refractivity (Wildman–Crippen MR) is 124 cm³/mol. The summed E-state index contributed by atoms with van der Waals surface area (Å²) in [5.74, 6) is 0.719. The number of sulfone groups is 1. The highest BCUT2D eigenvalue weighted by Gasteiger charge is 2.20. The van der Waals surface area contributed by atoms with Crippen molar-refractivity contribution in [2.75, 3.05) is 7.05 Å². The molecule has 0 saturated heterocycles. The Bertz CT molecular complexity index is 1340. The third-order valence-corrected chi connectivity index (χ3v) is 8.07. The van der Waals surface area contributed by atoms with Crippen molar-refractivity contribution in [3.8, 4) is 33.6 Å². The minimum absolute atomic E-state index is 0.284. The van der Waals surface area contributed by atoms with Gasteiger partial charge in [-0.25, -0.2) is 13.4 Å². The molecular weight excluding hydrogens is 446 g/mol. The van der Waals surface area contributed by atoms with E-state index in [1.807, 2.05) is 25.4 Å². The average Bonchev–Trinajstić information content (AvgIpc) is 3.44. The number of aryl methyl sites for hydroxylation is 1. The van der Waals surface area contributed by atoms with Crippen LogP contribution in [0.5, 0.6) is 0 Å². The van der Waals surface area contributed by atoms with Gasteiger partial charge in [-0.1, -0.05) is 12.1 Å². The highest BCUT2D eigenvalue weighted by Crippen LogP contribution is 2.30. The fourth-order valence-electron chi connectivity index (χ4n) is 3.08. The van der Waals surface area contributed by atoms with Crippen LogP contribution < -0.4 is 5.32 Å². The maximum Gasteiger partial charge on any atom is 0.268 e. The summed E-state index contributed by atoms with van der Waals surface area (Å²) in [6, 6.07) is 8.66. The van der Waals surface area contributed by atoms with Crippen LogP contribution in [-0.4, -0.2) is 40.9 Å². The molecule has 0 aliphatic carbocycles. The zero-order chi connectivity index (χ0) is 22.9. The molecule has 0 spiro atoms. The fourth-order valence-corrected chi connectivity index (χ4v) is 4.97. The maximum atomic E-state index is 12.4. The van der Waals surface area contributed by atoms with Crippen molar-refractivity contribution in [3.63, 3.8) is 0 Å². The van der Waals surface area contributed by atoms with Gasteiger partial charge in [0.15, 0.2) is 9.84 Å². The summed E-state index contributed by atoms with van der Waals surface area (Å²) in [6.45, 7) is 5.92. The van der Waals surface area contributed by atoms with E-state index in [0.717, 1.165) is 22.5 Å². The lowest BCUT2D eigenvalue weighted by molar-refractivity contribution is 0.582. The Morgan fingerprint density at radius 2 is 1.84 bits per heavy atom. The van der Waals surface area contributed by atoms with Gasteiger partial charge in [-0.2, -0.15) is 0 Å². The molecule has 32 heavy (non-hydrogen) atoms. The molecule has 1 aromatic carbocycles. The van der Waals surface area contributed by atoms with Crippen LogP contribution in [0.2, 0.25) is 0 Å². The molecule has 0 bridgehead atoms. The molecule has 4 aromatic rings. The maximum absolute atomic E-state index is 12.4. The molecule has 3 heterocycles. The normalized spacial score (nSPS) is 11.9. The summed E-state index contributed by atoms with van der Waals surface area (Å²) < 4.78 is 30.6. The Morgan fingerprint density at radius 3 is 2.53 bits per heavy atom. The first-order valence-electron chi connectivity index (χ1n) is 10.0. The Hall–Kier alpha value is -2.95. The number of thiophene rings is 1. The van der Waals surface area contributed by atoms with Crippen LogP contribution in [0, 0.1) is 6.92 Å². The van der Waals surface area contributed by atoms with E-state index in [2.05, 4.69) is 25.5 Å². The van der Waals surface area contributed by atoms with E-state index < -0.39 is 15.1 Å². The van der Waals surface area contributed by atoms with Crippen LogP contribution in [0.25, 0.3) is 33.6 Å². The summed E-state index contributed by atoms with van der Waals surface area (Å²) >= 11 is 1.54. The summed E-state index contributed by atoms with van der Waals surface area (Å²) in [7, 11) is -1.44. The summed E-state index contributed by atoms with van der Waals surface area (Å²) in [4.78, 5) is 10.3. The van der Waals surface area contributed by atoms with E-state index in [4.69, 9.17) is 4.42 Å². The van der Waals surface area contributed by atoms with Gasteiger partial charge in [-0.3, -0.25) is 4.98 Å².